The number of aromatic nitrogens is 1. The molecule has 2 amide bonds. The standard InChI is InChI=1S/C29H38BrN5O3/c30-26-6-11-31-27(20-26)33-14-9-25(10-15-33)28(36)34-12-7-23(8-13-34)21-32-16-18-35(19-17-32)29(37)38-22-24-4-2-1-3-5-24/h1-6,11,20,23,25H,7-10,12-19,21-22H2. The number of halogens is 1. The summed E-state index contributed by atoms with van der Waals surface area (Å²) in [6, 6.07) is 13.8. The van der Waals surface area contributed by atoms with Gasteiger partial charge < -0.3 is 19.4 Å². The number of carbonyl (C=O) groups is 2. The van der Waals surface area contributed by atoms with Crippen molar-refractivity contribution in [2.45, 2.75) is 32.3 Å². The van der Waals surface area contributed by atoms with E-state index in [1.165, 1.54) is 0 Å². The molecule has 0 radical (unpaired) electrons. The second kappa shape index (κ2) is 12.9. The number of carbonyl (C=O) groups excluding carboxylic acids is 2. The van der Waals surface area contributed by atoms with Gasteiger partial charge in [-0.15, -0.1) is 0 Å². The van der Waals surface area contributed by atoms with Gasteiger partial charge in [0.25, 0.3) is 0 Å². The maximum Gasteiger partial charge on any atom is 0.410 e. The Morgan fingerprint density at radius 2 is 1.58 bits per heavy atom. The van der Waals surface area contributed by atoms with Crippen molar-refractivity contribution in [1.29, 1.82) is 0 Å². The molecule has 0 N–H and O–H groups in total. The number of piperidine rings is 2. The molecule has 9 heteroatoms. The van der Waals surface area contributed by atoms with E-state index in [0.717, 1.165) is 87.4 Å². The minimum absolute atomic E-state index is 0.129. The number of anilines is 1. The molecule has 1 aromatic carbocycles. The summed E-state index contributed by atoms with van der Waals surface area (Å²) in [4.78, 5) is 38.8. The fourth-order valence-electron chi connectivity index (χ4n) is 5.80. The average Bonchev–Trinajstić information content (AvgIpc) is 2.97. The first kappa shape index (κ1) is 26.9. The van der Waals surface area contributed by atoms with E-state index in [4.69, 9.17) is 4.74 Å². The van der Waals surface area contributed by atoms with Crippen molar-refractivity contribution in [2.24, 2.45) is 11.8 Å². The number of hydrogen-bond donors (Lipinski definition) is 0. The van der Waals surface area contributed by atoms with Crippen LogP contribution in [0.15, 0.2) is 53.1 Å². The van der Waals surface area contributed by atoms with Crippen molar-refractivity contribution in [3.05, 3.63) is 58.7 Å². The summed E-state index contributed by atoms with van der Waals surface area (Å²) < 4.78 is 6.53. The molecule has 0 atom stereocenters. The molecule has 0 bridgehead atoms. The Bertz CT molecular complexity index is 1060. The molecular weight excluding hydrogens is 546 g/mol. The molecule has 4 heterocycles. The molecule has 0 aliphatic carbocycles. The number of nitrogens with zero attached hydrogens (tertiary/aromatic N) is 5. The van der Waals surface area contributed by atoms with Gasteiger partial charge in [0.15, 0.2) is 0 Å². The third-order valence-corrected chi connectivity index (χ3v) is 8.65. The fourth-order valence-corrected chi connectivity index (χ4v) is 6.13. The maximum atomic E-state index is 13.2. The molecule has 3 saturated heterocycles. The largest absolute Gasteiger partial charge is 0.445 e. The predicted octanol–water partition coefficient (Wildman–Crippen LogP) is 4.25. The van der Waals surface area contributed by atoms with Crippen LogP contribution in [-0.2, 0) is 16.1 Å². The number of likely N-dealkylation sites (tertiary alicyclic amines) is 1. The van der Waals surface area contributed by atoms with E-state index < -0.39 is 0 Å². The van der Waals surface area contributed by atoms with Gasteiger partial charge in [0.05, 0.1) is 0 Å². The molecule has 3 aliphatic rings. The lowest BCUT2D eigenvalue weighted by Crippen LogP contribution is -2.51. The van der Waals surface area contributed by atoms with Crippen LogP contribution in [0.1, 0.15) is 31.2 Å². The molecule has 5 rings (SSSR count). The van der Waals surface area contributed by atoms with Crippen molar-refractivity contribution in [3.8, 4) is 0 Å². The molecule has 2 aromatic rings. The zero-order chi connectivity index (χ0) is 26.3. The Hall–Kier alpha value is -2.65. The molecule has 38 heavy (non-hydrogen) atoms. The van der Waals surface area contributed by atoms with E-state index in [-0.39, 0.29) is 12.0 Å². The van der Waals surface area contributed by atoms with Crippen LogP contribution >= 0.6 is 15.9 Å². The van der Waals surface area contributed by atoms with Gasteiger partial charge in [0.2, 0.25) is 5.91 Å². The SMILES string of the molecule is O=C(OCc1ccccc1)N1CCN(CC2CCN(C(=O)C3CCN(c4cc(Br)ccn4)CC3)CC2)CC1. The number of rotatable bonds is 6. The highest BCUT2D eigenvalue weighted by Gasteiger charge is 2.32. The van der Waals surface area contributed by atoms with Crippen LogP contribution in [0.25, 0.3) is 0 Å². The van der Waals surface area contributed by atoms with Crippen molar-refractivity contribution in [3.63, 3.8) is 0 Å². The van der Waals surface area contributed by atoms with Crippen molar-refractivity contribution >= 4 is 33.7 Å². The molecular formula is C29H38BrN5O3. The number of hydrogen-bond acceptors (Lipinski definition) is 6. The van der Waals surface area contributed by atoms with Gasteiger partial charge in [0.1, 0.15) is 12.4 Å². The van der Waals surface area contributed by atoms with Gasteiger partial charge in [-0.2, -0.15) is 0 Å². The minimum Gasteiger partial charge on any atom is -0.445 e. The number of ether oxygens (including phenoxy) is 1. The van der Waals surface area contributed by atoms with E-state index >= 15 is 0 Å². The first-order valence-electron chi connectivity index (χ1n) is 13.9. The van der Waals surface area contributed by atoms with E-state index in [2.05, 4.69) is 35.6 Å². The van der Waals surface area contributed by atoms with E-state index in [1.807, 2.05) is 53.6 Å². The monoisotopic (exact) mass is 583 g/mol. The fraction of sp³-hybridized carbons (Fsp3) is 0.552. The Morgan fingerprint density at radius 1 is 0.868 bits per heavy atom. The smallest absolute Gasteiger partial charge is 0.410 e. The van der Waals surface area contributed by atoms with Crippen LogP contribution in [0, 0.1) is 11.8 Å². The normalized spacial score (nSPS) is 20.0. The Morgan fingerprint density at radius 3 is 2.26 bits per heavy atom. The molecule has 204 valence electrons. The first-order chi connectivity index (χ1) is 18.5. The Kier molecular flexibility index (Phi) is 9.17. The van der Waals surface area contributed by atoms with Gasteiger partial charge in [-0.25, -0.2) is 9.78 Å². The van der Waals surface area contributed by atoms with Crippen molar-refractivity contribution < 1.29 is 14.3 Å². The summed E-state index contributed by atoms with van der Waals surface area (Å²) in [5, 5.41) is 0. The lowest BCUT2D eigenvalue weighted by molar-refractivity contribution is -0.137. The van der Waals surface area contributed by atoms with Gasteiger partial charge in [-0.3, -0.25) is 9.69 Å². The van der Waals surface area contributed by atoms with E-state index in [1.54, 1.807) is 0 Å². The van der Waals surface area contributed by atoms with Crippen LogP contribution < -0.4 is 4.90 Å². The summed E-state index contributed by atoms with van der Waals surface area (Å²) in [5.74, 6) is 2.06. The first-order valence-corrected chi connectivity index (χ1v) is 14.7. The molecule has 3 fully saturated rings. The Labute approximate surface area is 234 Å². The second-order valence-corrected chi connectivity index (χ2v) is 11.6. The zero-order valence-corrected chi connectivity index (χ0v) is 23.6. The average molecular weight is 585 g/mol. The molecule has 8 nitrogen and oxygen atoms in total. The highest BCUT2D eigenvalue weighted by molar-refractivity contribution is 9.10. The molecule has 3 aliphatic heterocycles. The van der Waals surface area contributed by atoms with Crippen LogP contribution in [-0.4, -0.2) is 90.6 Å². The summed E-state index contributed by atoms with van der Waals surface area (Å²) in [7, 11) is 0. The van der Waals surface area contributed by atoms with Gasteiger partial charge in [-0.05, 0) is 49.3 Å². The van der Waals surface area contributed by atoms with Gasteiger partial charge in [0, 0.05) is 75.5 Å². The minimum atomic E-state index is -0.223. The second-order valence-electron chi connectivity index (χ2n) is 10.7. The lowest BCUT2D eigenvalue weighted by Gasteiger charge is -2.40. The van der Waals surface area contributed by atoms with Gasteiger partial charge >= 0.3 is 6.09 Å². The molecule has 0 spiro atoms. The van der Waals surface area contributed by atoms with Crippen LogP contribution in [0.5, 0.6) is 0 Å². The number of benzene rings is 1. The van der Waals surface area contributed by atoms with Crippen molar-refractivity contribution in [2.75, 3.05) is 63.8 Å². The van der Waals surface area contributed by atoms with Crippen LogP contribution in [0.2, 0.25) is 0 Å². The number of pyridine rings is 1. The topological polar surface area (TPSA) is 69.2 Å². The molecule has 0 saturated carbocycles. The summed E-state index contributed by atoms with van der Waals surface area (Å²) in [6.45, 7) is 8.02. The summed E-state index contributed by atoms with van der Waals surface area (Å²) >= 11 is 3.52. The van der Waals surface area contributed by atoms with Crippen molar-refractivity contribution in [1.82, 2.24) is 19.7 Å². The van der Waals surface area contributed by atoms with Crippen LogP contribution in [0.4, 0.5) is 10.6 Å². The third kappa shape index (κ3) is 7.05. The zero-order valence-electron chi connectivity index (χ0n) is 22.0. The maximum absolute atomic E-state index is 13.2. The summed E-state index contributed by atoms with van der Waals surface area (Å²) in [6.07, 6.45) is 5.51. The highest BCUT2D eigenvalue weighted by Crippen LogP contribution is 2.27. The number of piperazine rings is 1. The highest BCUT2D eigenvalue weighted by atomic mass is 79.9. The summed E-state index contributed by atoms with van der Waals surface area (Å²) in [5.41, 5.74) is 1.01. The van der Waals surface area contributed by atoms with E-state index in [0.29, 0.717) is 31.5 Å². The number of amides is 2. The van der Waals surface area contributed by atoms with Crippen LogP contribution in [0.3, 0.4) is 0 Å². The van der Waals surface area contributed by atoms with Gasteiger partial charge in [-0.1, -0.05) is 46.3 Å². The Balaban J connectivity index is 0.984. The third-order valence-electron chi connectivity index (χ3n) is 8.15. The molecule has 0 unspecified atom stereocenters. The molecule has 1 aromatic heterocycles. The lowest BCUT2D eigenvalue weighted by atomic mass is 9.91. The van der Waals surface area contributed by atoms with E-state index in [9.17, 15) is 9.59 Å². The quantitative estimate of drug-likeness (QED) is 0.506. The predicted molar refractivity (Wildman–Crippen MR) is 151 cm³/mol.